The molecule has 0 saturated carbocycles. The Hall–Kier alpha value is -3.21. The summed E-state index contributed by atoms with van der Waals surface area (Å²) in [6.07, 6.45) is 0.615. The van der Waals surface area contributed by atoms with Gasteiger partial charge >= 0.3 is 0 Å². The van der Waals surface area contributed by atoms with Crippen molar-refractivity contribution in [3.05, 3.63) is 70.4 Å². The van der Waals surface area contributed by atoms with Crippen molar-refractivity contribution in [1.29, 1.82) is 0 Å². The molecule has 8 nitrogen and oxygen atoms in total. The summed E-state index contributed by atoms with van der Waals surface area (Å²) in [6.45, 7) is 0.251. The Kier molecular flexibility index (Phi) is 6.03. The molecular formula is C21H19N3O5S2. The van der Waals surface area contributed by atoms with Crippen LogP contribution in [0.3, 0.4) is 0 Å². The van der Waals surface area contributed by atoms with Crippen molar-refractivity contribution in [1.82, 2.24) is 4.72 Å². The fraction of sp³-hybridized carbons (Fsp3) is 0.143. The van der Waals surface area contributed by atoms with Crippen LogP contribution in [0.25, 0.3) is 0 Å². The molecule has 1 aliphatic heterocycles. The number of hydrogen-bond acceptors (Lipinski definition) is 6. The highest BCUT2D eigenvalue weighted by Gasteiger charge is 2.18. The van der Waals surface area contributed by atoms with Gasteiger partial charge in [-0.15, -0.1) is 11.3 Å². The summed E-state index contributed by atoms with van der Waals surface area (Å²) in [6, 6.07) is 14.5. The normalized spacial score (nSPS) is 13.1. The minimum atomic E-state index is -3.66. The minimum absolute atomic E-state index is 0.0448. The molecule has 2 aromatic carbocycles. The van der Waals surface area contributed by atoms with E-state index in [1.54, 1.807) is 29.5 Å². The van der Waals surface area contributed by atoms with Gasteiger partial charge in [0.05, 0.1) is 10.6 Å². The Bertz CT molecular complexity index is 1210. The first-order valence-electron chi connectivity index (χ1n) is 9.41. The number of thiophene rings is 1. The van der Waals surface area contributed by atoms with Gasteiger partial charge in [0, 0.05) is 22.7 Å². The number of carbonyl (C=O) groups is 2. The number of ether oxygens (including phenoxy) is 1. The predicted octanol–water partition coefficient (Wildman–Crippen LogP) is 2.85. The Morgan fingerprint density at radius 1 is 1.13 bits per heavy atom. The lowest BCUT2D eigenvalue weighted by Crippen LogP contribution is -2.26. The van der Waals surface area contributed by atoms with Crippen LogP contribution in [0.5, 0.6) is 5.75 Å². The standard InChI is InChI=1S/C21H19N3O5S2/c25-20-13-29-19-8-5-15(12-18(19)24-20)23-21(26)14-3-6-17(7-4-14)31(27,28)22-10-9-16-2-1-11-30-16/h1-8,11-12,22H,9-10,13H2,(H,23,26)(H,24,25). The SMILES string of the molecule is O=C1COc2ccc(NC(=O)c3ccc(S(=O)(=O)NCCc4cccs4)cc3)cc2N1. The summed E-state index contributed by atoms with van der Waals surface area (Å²) in [5.41, 5.74) is 1.25. The lowest BCUT2D eigenvalue weighted by Gasteiger charge is -2.18. The first-order valence-corrected chi connectivity index (χ1v) is 11.8. The third kappa shape index (κ3) is 5.10. The molecule has 0 bridgehead atoms. The van der Waals surface area contributed by atoms with Gasteiger partial charge < -0.3 is 15.4 Å². The van der Waals surface area contributed by atoms with Crippen LogP contribution in [0.1, 0.15) is 15.2 Å². The van der Waals surface area contributed by atoms with Crippen molar-refractivity contribution >= 4 is 44.5 Å². The second kappa shape index (κ2) is 8.88. The van der Waals surface area contributed by atoms with Gasteiger partial charge in [-0.25, -0.2) is 13.1 Å². The Morgan fingerprint density at radius 2 is 1.94 bits per heavy atom. The van der Waals surface area contributed by atoms with Gasteiger partial charge in [-0.2, -0.15) is 0 Å². The first kappa shape index (κ1) is 21.0. The van der Waals surface area contributed by atoms with E-state index in [9.17, 15) is 18.0 Å². The Labute approximate surface area is 183 Å². The summed E-state index contributed by atoms with van der Waals surface area (Å²) in [7, 11) is -3.66. The topological polar surface area (TPSA) is 114 Å². The maximum Gasteiger partial charge on any atom is 0.262 e. The predicted molar refractivity (Wildman–Crippen MR) is 118 cm³/mol. The number of fused-ring (bicyclic) bond motifs is 1. The molecule has 0 radical (unpaired) electrons. The van der Waals surface area contributed by atoms with E-state index in [-0.39, 0.29) is 17.4 Å². The van der Waals surface area contributed by atoms with Gasteiger partial charge in [0.2, 0.25) is 10.0 Å². The molecule has 0 unspecified atom stereocenters. The van der Waals surface area contributed by atoms with Gasteiger partial charge in [0.1, 0.15) is 5.75 Å². The molecule has 1 aromatic heterocycles. The monoisotopic (exact) mass is 457 g/mol. The molecule has 3 N–H and O–H groups in total. The molecule has 3 aromatic rings. The van der Waals surface area contributed by atoms with Crippen molar-refractivity contribution in [3.8, 4) is 5.75 Å². The van der Waals surface area contributed by atoms with Crippen LogP contribution >= 0.6 is 11.3 Å². The zero-order valence-corrected chi connectivity index (χ0v) is 17.9. The summed E-state index contributed by atoms with van der Waals surface area (Å²) >= 11 is 1.58. The van der Waals surface area contributed by atoms with Crippen LogP contribution in [0.15, 0.2) is 64.9 Å². The first-order chi connectivity index (χ1) is 14.9. The maximum atomic E-state index is 12.5. The van der Waals surface area contributed by atoms with Crippen molar-refractivity contribution < 1.29 is 22.7 Å². The summed E-state index contributed by atoms with van der Waals surface area (Å²) in [5.74, 6) is -0.145. The molecule has 2 amide bonds. The summed E-state index contributed by atoms with van der Waals surface area (Å²) in [4.78, 5) is 25.1. The number of rotatable bonds is 7. The van der Waals surface area contributed by atoms with E-state index in [1.165, 1.54) is 24.3 Å². The van der Waals surface area contributed by atoms with Gasteiger partial charge in [0.15, 0.2) is 6.61 Å². The van der Waals surface area contributed by atoms with Crippen LogP contribution in [0, 0.1) is 0 Å². The van der Waals surface area contributed by atoms with E-state index in [4.69, 9.17) is 4.74 Å². The fourth-order valence-electron chi connectivity index (χ4n) is 3.00. The number of nitrogens with one attached hydrogen (secondary N) is 3. The fourth-order valence-corrected chi connectivity index (χ4v) is 4.74. The quantitative estimate of drug-likeness (QED) is 0.505. The number of anilines is 2. The molecule has 10 heteroatoms. The number of benzene rings is 2. The third-order valence-electron chi connectivity index (χ3n) is 4.54. The molecule has 0 spiro atoms. The molecule has 0 saturated heterocycles. The Morgan fingerprint density at radius 3 is 2.68 bits per heavy atom. The molecule has 0 atom stereocenters. The molecule has 1 aliphatic rings. The largest absolute Gasteiger partial charge is 0.482 e. The van der Waals surface area contributed by atoms with Crippen LogP contribution in [0.2, 0.25) is 0 Å². The molecule has 4 rings (SSSR count). The molecule has 0 aliphatic carbocycles. The second-order valence-electron chi connectivity index (χ2n) is 6.75. The van der Waals surface area contributed by atoms with Crippen molar-refractivity contribution in [3.63, 3.8) is 0 Å². The lowest BCUT2D eigenvalue weighted by atomic mass is 10.2. The van der Waals surface area contributed by atoms with E-state index in [1.807, 2.05) is 17.5 Å². The zero-order valence-electron chi connectivity index (χ0n) is 16.3. The van der Waals surface area contributed by atoms with Gasteiger partial charge in [-0.05, 0) is 60.3 Å². The highest BCUT2D eigenvalue weighted by molar-refractivity contribution is 7.89. The Balaban J connectivity index is 1.38. The average molecular weight is 458 g/mol. The third-order valence-corrected chi connectivity index (χ3v) is 6.95. The number of amides is 2. The van der Waals surface area contributed by atoms with Crippen LogP contribution in [-0.2, 0) is 21.2 Å². The smallest absolute Gasteiger partial charge is 0.262 e. The molecular weight excluding hydrogens is 438 g/mol. The highest BCUT2D eigenvalue weighted by Crippen LogP contribution is 2.30. The molecule has 160 valence electrons. The van der Waals surface area contributed by atoms with E-state index in [0.29, 0.717) is 35.7 Å². The van der Waals surface area contributed by atoms with E-state index in [2.05, 4.69) is 15.4 Å². The van der Waals surface area contributed by atoms with Gasteiger partial charge in [-0.1, -0.05) is 6.07 Å². The molecule has 2 heterocycles. The van der Waals surface area contributed by atoms with E-state index in [0.717, 1.165) is 4.88 Å². The van der Waals surface area contributed by atoms with E-state index < -0.39 is 15.9 Å². The highest BCUT2D eigenvalue weighted by atomic mass is 32.2. The second-order valence-corrected chi connectivity index (χ2v) is 9.55. The minimum Gasteiger partial charge on any atom is -0.482 e. The zero-order chi connectivity index (χ0) is 21.8. The number of sulfonamides is 1. The average Bonchev–Trinajstić information content (AvgIpc) is 3.27. The van der Waals surface area contributed by atoms with Gasteiger partial charge in [0.25, 0.3) is 11.8 Å². The van der Waals surface area contributed by atoms with Crippen molar-refractivity contribution in [2.75, 3.05) is 23.8 Å². The number of hydrogen-bond donors (Lipinski definition) is 3. The van der Waals surface area contributed by atoms with Crippen LogP contribution < -0.4 is 20.1 Å². The van der Waals surface area contributed by atoms with E-state index >= 15 is 0 Å². The van der Waals surface area contributed by atoms with Gasteiger partial charge in [-0.3, -0.25) is 9.59 Å². The summed E-state index contributed by atoms with van der Waals surface area (Å²) < 4.78 is 32.7. The molecule has 0 fully saturated rings. The van der Waals surface area contributed by atoms with Crippen LogP contribution in [-0.4, -0.2) is 33.4 Å². The molecule has 31 heavy (non-hydrogen) atoms. The van der Waals surface area contributed by atoms with Crippen molar-refractivity contribution in [2.24, 2.45) is 0 Å². The summed E-state index contributed by atoms with van der Waals surface area (Å²) in [5, 5.41) is 7.34. The van der Waals surface area contributed by atoms with Crippen LogP contribution in [0.4, 0.5) is 11.4 Å². The maximum absolute atomic E-state index is 12.5. The lowest BCUT2D eigenvalue weighted by molar-refractivity contribution is -0.118. The number of carbonyl (C=O) groups excluding carboxylic acids is 2. The van der Waals surface area contributed by atoms with Crippen molar-refractivity contribution in [2.45, 2.75) is 11.3 Å².